The zero-order chi connectivity index (χ0) is 14.3. The Bertz CT molecular complexity index is 416. The Morgan fingerprint density at radius 1 is 1.21 bits per heavy atom. The van der Waals surface area contributed by atoms with Crippen LogP contribution in [0.3, 0.4) is 0 Å². The molecule has 104 valence electrons. The lowest BCUT2D eigenvalue weighted by atomic mass is 9.89. The van der Waals surface area contributed by atoms with Gasteiger partial charge in [-0.25, -0.2) is 4.79 Å². The van der Waals surface area contributed by atoms with E-state index in [0.717, 1.165) is 25.7 Å². The fraction of sp³-hybridized carbons (Fsp3) is 0.471. The summed E-state index contributed by atoms with van der Waals surface area (Å²) in [7, 11) is 0. The second-order valence-electron chi connectivity index (χ2n) is 5.05. The molecule has 19 heavy (non-hydrogen) atoms. The van der Waals surface area contributed by atoms with E-state index in [4.69, 9.17) is 4.74 Å². The lowest BCUT2D eigenvalue weighted by molar-refractivity contribution is -0.156. The molecular weight excluding hydrogens is 236 g/mol. The maximum atomic E-state index is 11.8. The molecule has 0 aliphatic rings. The van der Waals surface area contributed by atoms with E-state index in [0.29, 0.717) is 5.57 Å². The summed E-state index contributed by atoms with van der Waals surface area (Å²) in [6.45, 7) is 9.48. The van der Waals surface area contributed by atoms with E-state index in [1.165, 1.54) is 5.56 Å². The molecule has 0 amide bonds. The maximum absolute atomic E-state index is 11.8. The Hall–Kier alpha value is -1.57. The van der Waals surface area contributed by atoms with Gasteiger partial charge in [-0.1, -0.05) is 50.8 Å². The maximum Gasteiger partial charge on any atom is 0.333 e. The van der Waals surface area contributed by atoms with Crippen LogP contribution in [0, 0.1) is 0 Å². The molecule has 1 aromatic carbocycles. The van der Waals surface area contributed by atoms with Crippen molar-refractivity contribution < 1.29 is 9.53 Å². The SMILES string of the molecule is C=C(C)C(=O)OC(CC)(CC)CCc1ccccc1. The number of ether oxygens (including phenoxy) is 1. The zero-order valence-corrected chi connectivity index (χ0v) is 12.2. The molecule has 0 radical (unpaired) electrons. The number of hydrogen-bond acceptors (Lipinski definition) is 2. The Labute approximate surface area is 116 Å². The van der Waals surface area contributed by atoms with E-state index in [9.17, 15) is 4.79 Å². The van der Waals surface area contributed by atoms with Gasteiger partial charge in [-0.3, -0.25) is 0 Å². The summed E-state index contributed by atoms with van der Waals surface area (Å²) in [5, 5.41) is 0. The highest BCUT2D eigenvalue weighted by Gasteiger charge is 2.30. The van der Waals surface area contributed by atoms with Crippen LogP contribution in [0.4, 0.5) is 0 Å². The summed E-state index contributed by atoms with van der Waals surface area (Å²) < 4.78 is 5.68. The van der Waals surface area contributed by atoms with Gasteiger partial charge in [0.25, 0.3) is 0 Å². The number of esters is 1. The van der Waals surface area contributed by atoms with E-state index < -0.39 is 0 Å². The molecule has 0 spiro atoms. The summed E-state index contributed by atoms with van der Waals surface area (Å²) in [5.74, 6) is -0.281. The third-order valence-corrected chi connectivity index (χ3v) is 3.66. The van der Waals surface area contributed by atoms with Crippen LogP contribution in [0.15, 0.2) is 42.5 Å². The first-order chi connectivity index (χ1) is 9.03. The molecule has 1 aromatic rings. The minimum Gasteiger partial charge on any atom is -0.456 e. The fourth-order valence-corrected chi connectivity index (χ4v) is 2.10. The first kappa shape index (κ1) is 15.5. The molecule has 0 aromatic heterocycles. The van der Waals surface area contributed by atoms with Gasteiger partial charge in [-0.05, 0) is 38.2 Å². The number of aryl methyl sites for hydroxylation is 1. The predicted molar refractivity (Wildman–Crippen MR) is 79.0 cm³/mol. The summed E-state index contributed by atoms with van der Waals surface area (Å²) in [5.41, 5.74) is 1.37. The van der Waals surface area contributed by atoms with E-state index in [-0.39, 0.29) is 11.6 Å². The summed E-state index contributed by atoms with van der Waals surface area (Å²) in [6, 6.07) is 10.3. The Kier molecular flexibility index (Phi) is 5.81. The number of rotatable bonds is 7. The molecule has 2 heteroatoms. The van der Waals surface area contributed by atoms with E-state index in [2.05, 4.69) is 32.6 Å². The molecule has 0 aliphatic heterocycles. The summed E-state index contributed by atoms with van der Waals surface area (Å²) in [6.07, 6.45) is 3.43. The van der Waals surface area contributed by atoms with Crippen molar-refractivity contribution in [3.63, 3.8) is 0 Å². The molecule has 0 atom stereocenters. The topological polar surface area (TPSA) is 26.3 Å². The Balaban J connectivity index is 2.71. The van der Waals surface area contributed by atoms with Crippen LogP contribution in [0.1, 0.15) is 45.6 Å². The molecule has 0 saturated carbocycles. The second kappa shape index (κ2) is 7.13. The molecule has 2 nitrogen and oxygen atoms in total. The normalized spacial score (nSPS) is 11.1. The lowest BCUT2D eigenvalue weighted by Gasteiger charge is -2.32. The van der Waals surface area contributed by atoms with E-state index >= 15 is 0 Å². The average Bonchev–Trinajstić information content (AvgIpc) is 2.44. The van der Waals surface area contributed by atoms with Gasteiger partial charge in [-0.15, -0.1) is 0 Å². The molecular formula is C17H24O2. The highest BCUT2D eigenvalue weighted by atomic mass is 16.6. The minimum atomic E-state index is -0.369. The van der Waals surface area contributed by atoms with Crippen molar-refractivity contribution in [2.45, 2.75) is 52.1 Å². The van der Waals surface area contributed by atoms with Crippen LogP contribution in [0.25, 0.3) is 0 Å². The fourth-order valence-electron chi connectivity index (χ4n) is 2.10. The first-order valence-electron chi connectivity index (χ1n) is 6.96. The molecule has 1 rings (SSSR count). The van der Waals surface area contributed by atoms with Crippen molar-refractivity contribution in [3.8, 4) is 0 Å². The molecule has 0 N–H and O–H groups in total. The largest absolute Gasteiger partial charge is 0.456 e. The van der Waals surface area contributed by atoms with E-state index in [1.54, 1.807) is 6.92 Å². The van der Waals surface area contributed by atoms with E-state index in [1.807, 2.05) is 18.2 Å². The third-order valence-electron chi connectivity index (χ3n) is 3.66. The predicted octanol–water partition coefficient (Wildman–Crippen LogP) is 4.30. The van der Waals surface area contributed by atoms with Gasteiger partial charge in [0.1, 0.15) is 5.60 Å². The molecule has 0 heterocycles. The van der Waals surface area contributed by atoms with Gasteiger partial charge in [-0.2, -0.15) is 0 Å². The highest BCUT2D eigenvalue weighted by Crippen LogP contribution is 2.27. The average molecular weight is 260 g/mol. The molecule has 0 saturated heterocycles. The quantitative estimate of drug-likeness (QED) is 0.540. The molecule has 0 bridgehead atoms. The number of benzene rings is 1. The van der Waals surface area contributed by atoms with Crippen molar-refractivity contribution in [1.82, 2.24) is 0 Å². The number of hydrogen-bond donors (Lipinski definition) is 0. The number of carbonyl (C=O) groups excluding carboxylic acids is 1. The monoisotopic (exact) mass is 260 g/mol. The van der Waals surface area contributed by atoms with Crippen LogP contribution >= 0.6 is 0 Å². The van der Waals surface area contributed by atoms with Gasteiger partial charge in [0.2, 0.25) is 0 Å². The van der Waals surface area contributed by atoms with Crippen molar-refractivity contribution in [1.29, 1.82) is 0 Å². The van der Waals surface area contributed by atoms with Crippen LogP contribution < -0.4 is 0 Å². The lowest BCUT2D eigenvalue weighted by Crippen LogP contribution is -2.34. The van der Waals surface area contributed by atoms with Gasteiger partial charge >= 0.3 is 5.97 Å². The second-order valence-corrected chi connectivity index (χ2v) is 5.05. The van der Waals surface area contributed by atoms with Gasteiger partial charge in [0, 0.05) is 5.57 Å². The Morgan fingerprint density at radius 2 is 1.79 bits per heavy atom. The van der Waals surface area contributed by atoms with Crippen molar-refractivity contribution >= 4 is 5.97 Å². The minimum absolute atomic E-state index is 0.281. The summed E-state index contributed by atoms with van der Waals surface area (Å²) >= 11 is 0. The highest BCUT2D eigenvalue weighted by molar-refractivity contribution is 5.87. The van der Waals surface area contributed by atoms with Crippen LogP contribution in [0.2, 0.25) is 0 Å². The standard InChI is InChI=1S/C17H24O2/c1-5-17(6-2,19-16(18)14(3)4)13-12-15-10-8-7-9-11-15/h7-11H,3,5-6,12-13H2,1-2,4H3. The van der Waals surface area contributed by atoms with Gasteiger partial charge < -0.3 is 4.74 Å². The van der Waals surface area contributed by atoms with Crippen LogP contribution in [0.5, 0.6) is 0 Å². The van der Waals surface area contributed by atoms with Crippen molar-refractivity contribution in [2.75, 3.05) is 0 Å². The molecule has 0 unspecified atom stereocenters. The van der Waals surface area contributed by atoms with Crippen molar-refractivity contribution in [3.05, 3.63) is 48.0 Å². The van der Waals surface area contributed by atoms with Gasteiger partial charge in [0.05, 0.1) is 0 Å². The van der Waals surface area contributed by atoms with Gasteiger partial charge in [0.15, 0.2) is 0 Å². The first-order valence-corrected chi connectivity index (χ1v) is 6.96. The Morgan fingerprint density at radius 3 is 2.26 bits per heavy atom. The number of carbonyl (C=O) groups is 1. The molecule has 0 fully saturated rings. The summed E-state index contributed by atoms with van der Waals surface area (Å²) in [4.78, 5) is 11.8. The zero-order valence-electron chi connectivity index (χ0n) is 12.2. The smallest absolute Gasteiger partial charge is 0.333 e. The third kappa shape index (κ3) is 4.55. The van der Waals surface area contributed by atoms with Crippen LogP contribution in [-0.4, -0.2) is 11.6 Å². The molecule has 0 aliphatic carbocycles. The van der Waals surface area contributed by atoms with Crippen molar-refractivity contribution in [2.24, 2.45) is 0 Å². The van der Waals surface area contributed by atoms with Crippen LogP contribution in [-0.2, 0) is 16.0 Å².